The van der Waals surface area contributed by atoms with Crippen LogP contribution in [0.5, 0.6) is 0 Å². The van der Waals surface area contributed by atoms with Crippen LogP contribution < -0.4 is 5.32 Å². The van der Waals surface area contributed by atoms with Crippen molar-refractivity contribution in [2.45, 2.75) is 89.6 Å². The third-order valence-corrected chi connectivity index (χ3v) is 6.10. The molecule has 0 aromatic carbocycles. The second kappa shape index (κ2) is 13.2. The van der Waals surface area contributed by atoms with E-state index in [2.05, 4.69) is 12.2 Å². The number of carboxylic acids is 1. The molecule has 172 valence electrons. The lowest BCUT2D eigenvalue weighted by molar-refractivity contribution is -0.917. The molecule has 29 heavy (non-hydrogen) atoms. The summed E-state index contributed by atoms with van der Waals surface area (Å²) < 4.78 is 30.8. The number of unbranched alkanes of at least 4 members (excludes halogenated alkanes) is 8. The molecule has 0 rings (SSSR count). The number of rotatable bonds is 17. The smallest absolute Gasteiger partial charge is 0.388 e. The van der Waals surface area contributed by atoms with Crippen LogP contribution in [0.4, 0.5) is 0 Å². The molecule has 8 nitrogen and oxygen atoms in total. The van der Waals surface area contributed by atoms with Gasteiger partial charge in [-0.05, 0) is 12.8 Å². The second-order valence-corrected chi connectivity index (χ2v) is 10.3. The lowest BCUT2D eigenvalue weighted by Gasteiger charge is -2.43. The van der Waals surface area contributed by atoms with Gasteiger partial charge in [-0.2, -0.15) is 8.42 Å². The first-order valence-electron chi connectivity index (χ1n) is 10.7. The van der Waals surface area contributed by atoms with Crippen molar-refractivity contribution in [3.05, 3.63) is 0 Å². The van der Waals surface area contributed by atoms with Crippen molar-refractivity contribution >= 4 is 22.0 Å². The molecule has 0 saturated carbocycles. The fraction of sp³-hybridized carbons (Fsp3) is 0.900. The molecule has 0 aliphatic carbocycles. The van der Waals surface area contributed by atoms with Crippen molar-refractivity contribution in [3.63, 3.8) is 0 Å². The minimum Gasteiger partial charge on any atom is -0.475 e. The highest BCUT2D eigenvalue weighted by Gasteiger charge is 2.51. The Labute approximate surface area is 176 Å². The Balaban J connectivity index is 4.59. The number of hydrogen-bond donors (Lipinski definition) is 3. The van der Waals surface area contributed by atoms with Crippen LogP contribution in [-0.2, 0) is 19.7 Å². The third kappa shape index (κ3) is 11.5. The van der Waals surface area contributed by atoms with E-state index in [9.17, 15) is 23.1 Å². The molecular formula is C20H41N2O6S+. The zero-order valence-corrected chi connectivity index (χ0v) is 19.4. The third-order valence-electron chi connectivity index (χ3n) is 5.29. The molecule has 0 bridgehead atoms. The average Bonchev–Trinajstić information content (AvgIpc) is 2.57. The van der Waals surface area contributed by atoms with Crippen molar-refractivity contribution in [1.82, 2.24) is 5.32 Å². The Hall–Kier alpha value is -1.19. The van der Waals surface area contributed by atoms with Gasteiger partial charge in [0.25, 0.3) is 15.8 Å². The number of carbonyl (C=O) groups excluding carboxylic acids is 1. The number of quaternary nitrogens is 1. The van der Waals surface area contributed by atoms with Crippen LogP contribution in [0.15, 0.2) is 0 Å². The van der Waals surface area contributed by atoms with Crippen LogP contribution in [0.1, 0.15) is 84.0 Å². The zero-order valence-electron chi connectivity index (χ0n) is 18.6. The minimum atomic E-state index is -4.19. The van der Waals surface area contributed by atoms with Gasteiger partial charge in [0.05, 0.1) is 26.9 Å². The summed E-state index contributed by atoms with van der Waals surface area (Å²) in [6, 6.07) is 0. The number of carboxylic acid groups (broad SMARTS) is 1. The molecule has 1 unspecified atom stereocenters. The standard InChI is InChI=1S/C20H40N2O6S/c1-5-6-7-8-9-10-11-12-13-15-18(23)21-20(19(24)25,22(2,3)4)16-14-17-29(26,27)28/h5-17H2,1-4H3,(H2-,21,23,24,25,26,27,28)/p+1. The first-order chi connectivity index (χ1) is 13.4. The van der Waals surface area contributed by atoms with Gasteiger partial charge in [0.15, 0.2) is 0 Å². The van der Waals surface area contributed by atoms with E-state index in [0.29, 0.717) is 6.42 Å². The van der Waals surface area contributed by atoms with Crippen LogP contribution in [0.2, 0.25) is 0 Å². The Bertz CT molecular complexity index is 601. The van der Waals surface area contributed by atoms with E-state index in [1.165, 1.54) is 32.1 Å². The summed E-state index contributed by atoms with van der Waals surface area (Å²) >= 11 is 0. The predicted molar refractivity (Wildman–Crippen MR) is 114 cm³/mol. The van der Waals surface area contributed by atoms with Crippen molar-refractivity contribution < 1.29 is 32.1 Å². The average molecular weight is 438 g/mol. The number of carbonyl (C=O) groups is 2. The van der Waals surface area contributed by atoms with Crippen molar-refractivity contribution in [2.75, 3.05) is 26.9 Å². The van der Waals surface area contributed by atoms with Crippen LogP contribution in [0, 0.1) is 0 Å². The van der Waals surface area contributed by atoms with E-state index in [-0.39, 0.29) is 29.7 Å². The maximum absolute atomic E-state index is 12.4. The fourth-order valence-electron chi connectivity index (χ4n) is 3.41. The lowest BCUT2D eigenvalue weighted by atomic mass is 9.99. The summed E-state index contributed by atoms with van der Waals surface area (Å²) in [5.41, 5.74) is -1.65. The van der Waals surface area contributed by atoms with Crippen LogP contribution >= 0.6 is 0 Å². The molecule has 0 saturated heterocycles. The Morgan fingerprint density at radius 1 is 0.897 bits per heavy atom. The Morgan fingerprint density at radius 2 is 1.38 bits per heavy atom. The number of nitrogens with zero attached hydrogens (tertiary/aromatic N) is 1. The molecule has 0 radical (unpaired) electrons. The topological polar surface area (TPSA) is 121 Å². The number of likely N-dealkylation sites (N-methyl/N-ethyl adjacent to an activating group) is 1. The molecule has 3 N–H and O–H groups in total. The number of hydrogen-bond acceptors (Lipinski definition) is 4. The summed E-state index contributed by atoms with van der Waals surface area (Å²) in [5, 5.41) is 12.5. The van der Waals surface area contributed by atoms with Crippen molar-refractivity contribution in [3.8, 4) is 0 Å². The van der Waals surface area contributed by atoms with Crippen LogP contribution in [-0.4, -0.2) is 67.0 Å². The second-order valence-electron chi connectivity index (χ2n) is 8.69. The highest BCUT2D eigenvalue weighted by Crippen LogP contribution is 2.23. The van der Waals surface area contributed by atoms with Crippen molar-refractivity contribution in [2.24, 2.45) is 0 Å². The maximum atomic E-state index is 12.4. The van der Waals surface area contributed by atoms with E-state index < -0.39 is 27.5 Å². The highest BCUT2D eigenvalue weighted by molar-refractivity contribution is 7.85. The summed E-state index contributed by atoms with van der Waals surface area (Å²) in [6.07, 6.45) is 10.2. The minimum absolute atomic E-state index is 0.0705. The van der Waals surface area contributed by atoms with Gasteiger partial charge >= 0.3 is 5.97 Å². The SMILES string of the molecule is CCCCCCCCCCCC(=O)NC(CCCS(=O)(=O)O)(C(=O)O)[N+](C)(C)C. The fourth-order valence-corrected chi connectivity index (χ4v) is 3.92. The van der Waals surface area contributed by atoms with E-state index in [1.807, 2.05) is 0 Å². The number of aliphatic carboxylic acids is 1. The summed E-state index contributed by atoms with van der Waals surface area (Å²) in [4.78, 5) is 24.5. The highest BCUT2D eigenvalue weighted by atomic mass is 32.2. The lowest BCUT2D eigenvalue weighted by Crippen LogP contribution is -2.71. The number of amides is 1. The molecule has 0 aliphatic rings. The van der Waals surface area contributed by atoms with Gasteiger partial charge in [0, 0.05) is 12.8 Å². The largest absolute Gasteiger partial charge is 0.475 e. The Morgan fingerprint density at radius 3 is 1.79 bits per heavy atom. The van der Waals surface area contributed by atoms with Crippen LogP contribution in [0.25, 0.3) is 0 Å². The monoisotopic (exact) mass is 437 g/mol. The van der Waals surface area contributed by atoms with Gasteiger partial charge < -0.3 is 5.11 Å². The normalized spacial score (nSPS) is 14.4. The predicted octanol–water partition coefficient (Wildman–Crippen LogP) is 3.18. The quantitative estimate of drug-likeness (QED) is 0.139. The zero-order chi connectivity index (χ0) is 22.6. The summed E-state index contributed by atoms with van der Waals surface area (Å²) in [5.74, 6) is -2.12. The van der Waals surface area contributed by atoms with Crippen molar-refractivity contribution in [1.29, 1.82) is 0 Å². The number of nitrogens with one attached hydrogen (secondary N) is 1. The van der Waals surface area contributed by atoms with Gasteiger partial charge in [-0.15, -0.1) is 0 Å². The molecule has 0 heterocycles. The van der Waals surface area contributed by atoms with Gasteiger partial charge in [0.1, 0.15) is 0 Å². The molecule has 9 heteroatoms. The van der Waals surface area contributed by atoms with Gasteiger partial charge in [-0.1, -0.05) is 58.3 Å². The van der Waals surface area contributed by atoms with Gasteiger partial charge in [-0.25, -0.2) is 4.79 Å². The van der Waals surface area contributed by atoms with Crippen LogP contribution in [0.3, 0.4) is 0 Å². The molecule has 0 aromatic heterocycles. The molecule has 0 spiro atoms. The van der Waals surface area contributed by atoms with Gasteiger partial charge in [-0.3, -0.25) is 19.1 Å². The molecule has 1 atom stereocenters. The van der Waals surface area contributed by atoms with E-state index in [1.54, 1.807) is 21.1 Å². The van der Waals surface area contributed by atoms with E-state index in [4.69, 9.17) is 4.55 Å². The summed E-state index contributed by atoms with van der Waals surface area (Å²) in [6.45, 7) is 2.19. The van der Waals surface area contributed by atoms with Gasteiger partial charge in [0.2, 0.25) is 5.91 Å². The molecule has 0 fully saturated rings. The molecule has 0 aromatic rings. The molecule has 0 aliphatic heterocycles. The molecule has 1 amide bonds. The Kier molecular flexibility index (Phi) is 12.6. The summed E-state index contributed by atoms with van der Waals surface area (Å²) in [7, 11) is 0.728. The van der Waals surface area contributed by atoms with E-state index >= 15 is 0 Å². The van der Waals surface area contributed by atoms with E-state index in [0.717, 1.165) is 19.3 Å². The first-order valence-corrected chi connectivity index (χ1v) is 12.3. The molecular weight excluding hydrogens is 396 g/mol. The first kappa shape index (κ1) is 27.8. The maximum Gasteiger partial charge on any atom is 0.388 e.